The van der Waals surface area contributed by atoms with Gasteiger partial charge in [0.15, 0.2) is 5.65 Å². The Balaban J connectivity index is 1.67. The third-order valence-electron chi connectivity index (χ3n) is 4.44. The van der Waals surface area contributed by atoms with E-state index in [4.69, 9.17) is 23.2 Å². The lowest BCUT2D eigenvalue weighted by Crippen LogP contribution is -2.03. The number of para-hydroxylation sites is 1. The van der Waals surface area contributed by atoms with E-state index in [2.05, 4.69) is 43.3 Å². The van der Waals surface area contributed by atoms with Gasteiger partial charge in [-0.15, -0.1) is 10.2 Å². The molecule has 0 saturated heterocycles. The molecule has 0 amide bonds. The van der Waals surface area contributed by atoms with Gasteiger partial charge >= 0.3 is 0 Å². The number of aryl methyl sites for hydroxylation is 1. The fraction of sp³-hybridized carbons (Fsp3) is 0.200. The number of fused-ring (bicyclic) bond motifs is 3. The van der Waals surface area contributed by atoms with E-state index in [1.54, 1.807) is 24.4 Å². The van der Waals surface area contributed by atoms with Crippen molar-refractivity contribution in [3.8, 4) is 0 Å². The van der Waals surface area contributed by atoms with E-state index in [9.17, 15) is 0 Å². The number of hydrogen-bond donors (Lipinski definition) is 1. The van der Waals surface area contributed by atoms with E-state index in [1.807, 2.05) is 18.2 Å². The van der Waals surface area contributed by atoms with Gasteiger partial charge in [-0.1, -0.05) is 60.8 Å². The molecule has 0 bridgehead atoms. The van der Waals surface area contributed by atoms with Crippen LogP contribution in [0.5, 0.6) is 0 Å². The van der Waals surface area contributed by atoms with E-state index < -0.39 is 0 Å². The van der Waals surface area contributed by atoms with Crippen molar-refractivity contribution in [1.82, 2.24) is 19.7 Å². The second-order valence-electron chi connectivity index (χ2n) is 6.37. The molecule has 0 aliphatic rings. The Labute approximate surface area is 172 Å². The van der Waals surface area contributed by atoms with Gasteiger partial charge in [0.05, 0.1) is 16.8 Å². The first-order chi connectivity index (χ1) is 13.7. The summed E-state index contributed by atoms with van der Waals surface area (Å²) in [5, 5.41) is 14.9. The van der Waals surface area contributed by atoms with Gasteiger partial charge in [-0.05, 0) is 24.6 Å². The normalized spacial score (nSPS) is 11.7. The van der Waals surface area contributed by atoms with Crippen molar-refractivity contribution in [3.05, 3.63) is 58.1 Å². The number of nitrogens with one attached hydrogen (secondary N) is 1. The monoisotopic (exact) mass is 412 g/mol. The molecule has 0 unspecified atom stereocenters. The molecule has 0 atom stereocenters. The highest BCUT2D eigenvalue weighted by molar-refractivity contribution is 6.36. The number of nitrogens with zero attached hydrogens (tertiary/aromatic N) is 5. The Hall–Kier alpha value is -2.70. The van der Waals surface area contributed by atoms with Crippen molar-refractivity contribution in [3.63, 3.8) is 0 Å². The largest absolute Gasteiger partial charge is 0.324 e. The van der Waals surface area contributed by atoms with E-state index >= 15 is 0 Å². The maximum Gasteiger partial charge on any atom is 0.265 e. The van der Waals surface area contributed by atoms with Crippen molar-refractivity contribution in [1.29, 1.82) is 0 Å². The van der Waals surface area contributed by atoms with Crippen LogP contribution in [0.4, 0.5) is 5.95 Å². The SMILES string of the molecule is CCCCn1c2ccccc2c2nnc(N/N=C/c3ccc(Cl)cc3Cl)nc21. The zero-order valence-corrected chi connectivity index (χ0v) is 16.7. The average Bonchev–Trinajstić information content (AvgIpc) is 3.01. The van der Waals surface area contributed by atoms with Gasteiger partial charge in [0.1, 0.15) is 5.52 Å². The molecule has 6 nitrogen and oxygen atoms in total. The summed E-state index contributed by atoms with van der Waals surface area (Å²) in [7, 11) is 0. The Bertz CT molecular complexity index is 1170. The molecule has 0 aliphatic carbocycles. The van der Waals surface area contributed by atoms with Crippen LogP contribution in [-0.2, 0) is 6.54 Å². The van der Waals surface area contributed by atoms with Crippen LogP contribution in [0.3, 0.4) is 0 Å². The summed E-state index contributed by atoms with van der Waals surface area (Å²) in [6, 6.07) is 13.4. The van der Waals surface area contributed by atoms with Gasteiger partial charge in [-0.3, -0.25) is 0 Å². The molecule has 2 heterocycles. The fourth-order valence-corrected chi connectivity index (χ4v) is 3.52. The Morgan fingerprint density at radius 1 is 1.14 bits per heavy atom. The second-order valence-corrected chi connectivity index (χ2v) is 7.21. The minimum atomic E-state index is 0.328. The minimum Gasteiger partial charge on any atom is -0.324 e. The second kappa shape index (κ2) is 8.12. The predicted octanol–water partition coefficient (Wildman–Crippen LogP) is 5.53. The van der Waals surface area contributed by atoms with Crippen LogP contribution >= 0.6 is 23.2 Å². The lowest BCUT2D eigenvalue weighted by Gasteiger charge is -2.05. The molecule has 0 fully saturated rings. The number of hydrogen-bond acceptors (Lipinski definition) is 5. The smallest absolute Gasteiger partial charge is 0.265 e. The fourth-order valence-electron chi connectivity index (χ4n) is 3.06. The molecule has 142 valence electrons. The van der Waals surface area contributed by atoms with Gasteiger partial charge in [-0.25, -0.2) is 5.43 Å². The Morgan fingerprint density at radius 3 is 2.82 bits per heavy atom. The zero-order chi connectivity index (χ0) is 19.5. The molecule has 2 aromatic heterocycles. The molecule has 1 N–H and O–H groups in total. The van der Waals surface area contributed by atoms with E-state index in [0.717, 1.165) is 47.0 Å². The first-order valence-electron chi connectivity index (χ1n) is 9.03. The maximum absolute atomic E-state index is 6.15. The lowest BCUT2D eigenvalue weighted by molar-refractivity contribution is 0.660. The van der Waals surface area contributed by atoms with Crippen LogP contribution in [0.1, 0.15) is 25.3 Å². The average molecular weight is 413 g/mol. The Kier molecular flexibility index (Phi) is 5.41. The molecule has 2 aromatic carbocycles. The van der Waals surface area contributed by atoms with E-state index in [0.29, 0.717) is 16.0 Å². The number of anilines is 1. The number of halogens is 2. The number of rotatable bonds is 6. The van der Waals surface area contributed by atoms with Crippen molar-refractivity contribution >= 4 is 57.4 Å². The van der Waals surface area contributed by atoms with Crippen molar-refractivity contribution in [2.75, 3.05) is 5.43 Å². The van der Waals surface area contributed by atoms with Crippen LogP contribution in [0, 0.1) is 0 Å². The van der Waals surface area contributed by atoms with E-state index in [-0.39, 0.29) is 0 Å². The van der Waals surface area contributed by atoms with Gasteiger partial charge < -0.3 is 4.57 Å². The van der Waals surface area contributed by atoms with Gasteiger partial charge in [-0.2, -0.15) is 10.1 Å². The van der Waals surface area contributed by atoms with Crippen LogP contribution in [-0.4, -0.2) is 26.0 Å². The summed E-state index contributed by atoms with van der Waals surface area (Å²) in [6.07, 6.45) is 3.76. The summed E-state index contributed by atoms with van der Waals surface area (Å²) in [5.74, 6) is 0.328. The summed E-state index contributed by atoms with van der Waals surface area (Å²) in [4.78, 5) is 4.64. The highest BCUT2D eigenvalue weighted by Gasteiger charge is 2.14. The molecule has 28 heavy (non-hydrogen) atoms. The molecular formula is C20H18Cl2N6. The lowest BCUT2D eigenvalue weighted by atomic mass is 10.2. The van der Waals surface area contributed by atoms with Gasteiger partial charge in [0.2, 0.25) is 0 Å². The molecule has 4 aromatic rings. The first-order valence-corrected chi connectivity index (χ1v) is 9.78. The number of aromatic nitrogens is 4. The molecule has 0 saturated carbocycles. The third-order valence-corrected chi connectivity index (χ3v) is 5.00. The van der Waals surface area contributed by atoms with Gasteiger partial charge in [0.25, 0.3) is 5.95 Å². The summed E-state index contributed by atoms with van der Waals surface area (Å²) in [6.45, 7) is 3.05. The standard InChI is InChI=1S/C20H18Cl2N6/c1-2-3-10-28-17-7-5-4-6-15(17)18-19(28)24-20(27-25-18)26-23-12-13-8-9-14(21)11-16(13)22/h4-9,11-12H,2-3,10H2,1H3,(H,24,26,27)/b23-12+. The topological polar surface area (TPSA) is 68.0 Å². The van der Waals surface area contributed by atoms with Crippen LogP contribution in [0.25, 0.3) is 22.1 Å². The maximum atomic E-state index is 6.15. The summed E-state index contributed by atoms with van der Waals surface area (Å²) >= 11 is 12.1. The molecule has 8 heteroatoms. The highest BCUT2D eigenvalue weighted by atomic mass is 35.5. The Morgan fingerprint density at radius 2 is 2.00 bits per heavy atom. The molecule has 0 radical (unpaired) electrons. The third kappa shape index (κ3) is 3.66. The number of benzene rings is 2. The molecule has 0 spiro atoms. The van der Waals surface area contributed by atoms with Crippen LogP contribution in [0.15, 0.2) is 47.6 Å². The van der Waals surface area contributed by atoms with Crippen molar-refractivity contribution < 1.29 is 0 Å². The molecule has 0 aliphatic heterocycles. The van der Waals surface area contributed by atoms with Crippen LogP contribution < -0.4 is 5.43 Å². The van der Waals surface area contributed by atoms with Gasteiger partial charge in [0, 0.05) is 22.5 Å². The van der Waals surface area contributed by atoms with Crippen molar-refractivity contribution in [2.45, 2.75) is 26.3 Å². The summed E-state index contributed by atoms with van der Waals surface area (Å²) < 4.78 is 2.19. The quantitative estimate of drug-likeness (QED) is 0.333. The zero-order valence-electron chi connectivity index (χ0n) is 15.2. The number of hydrazone groups is 1. The van der Waals surface area contributed by atoms with Crippen molar-refractivity contribution in [2.24, 2.45) is 5.10 Å². The highest BCUT2D eigenvalue weighted by Crippen LogP contribution is 2.26. The minimum absolute atomic E-state index is 0.328. The number of unbranched alkanes of at least 4 members (excludes halogenated alkanes) is 1. The summed E-state index contributed by atoms with van der Waals surface area (Å²) in [5.41, 5.74) is 6.28. The first kappa shape index (κ1) is 18.7. The van der Waals surface area contributed by atoms with E-state index in [1.165, 1.54) is 0 Å². The predicted molar refractivity (Wildman–Crippen MR) is 115 cm³/mol. The van der Waals surface area contributed by atoms with Crippen LogP contribution in [0.2, 0.25) is 10.0 Å². The molecular weight excluding hydrogens is 395 g/mol. The molecule has 4 rings (SSSR count).